The Balaban J connectivity index is 2.58. The van der Waals surface area contributed by atoms with Gasteiger partial charge in [-0.05, 0) is 11.6 Å². The summed E-state index contributed by atoms with van der Waals surface area (Å²) in [7, 11) is 0. The average Bonchev–Trinajstić information content (AvgIpc) is 2.19. The maximum atomic E-state index is 8.83. The van der Waals surface area contributed by atoms with Gasteiger partial charge in [0.05, 0.1) is 11.6 Å². The van der Waals surface area contributed by atoms with E-state index in [2.05, 4.69) is 4.98 Å². The van der Waals surface area contributed by atoms with Crippen LogP contribution in [0.3, 0.4) is 0 Å². The maximum Gasteiger partial charge on any atom is 0.0963 e. The second-order valence-corrected chi connectivity index (χ2v) is 4.28. The Hall–Kier alpha value is -0.580. The van der Waals surface area contributed by atoms with E-state index in [1.807, 2.05) is 19.1 Å². The molecule has 0 saturated carbocycles. The number of hydrogen-bond donors (Lipinski definition) is 2. The molecule has 1 aromatic rings. The average molecular weight is 198 g/mol. The maximum absolute atomic E-state index is 8.83. The highest BCUT2D eigenvalue weighted by molar-refractivity contribution is 7.99. The van der Waals surface area contributed by atoms with Crippen LogP contribution in [0.1, 0.15) is 12.5 Å². The van der Waals surface area contributed by atoms with Gasteiger partial charge in [0.2, 0.25) is 0 Å². The molecule has 1 unspecified atom stereocenters. The minimum absolute atomic E-state index is 0.172. The van der Waals surface area contributed by atoms with Crippen LogP contribution < -0.4 is 5.73 Å². The number of aliphatic hydroxyl groups excluding tert-OH is 1. The SMILES string of the molecule is CC(CO)Sc1ccc(CN)cn1. The Morgan fingerprint density at radius 2 is 2.38 bits per heavy atom. The van der Waals surface area contributed by atoms with Gasteiger partial charge in [0.1, 0.15) is 0 Å². The Kier molecular flexibility index (Phi) is 4.21. The summed E-state index contributed by atoms with van der Waals surface area (Å²) in [6, 6.07) is 3.89. The molecule has 1 aromatic heterocycles. The van der Waals surface area contributed by atoms with Gasteiger partial charge in [-0.1, -0.05) is 13.0 Å². The van der Waals surface area contributed by atoms with Gasteiger partial charge < -0.3 is 10.8 Å². The fraction of sp³-hybridized carbons (Fsp3) is 0.444. The molecule has 0 radical (unpaired) electrons. The third-order valence-corrected chi connectivity index (χ3v) is 2.65. The van der Waals surface area contributed by atoms with Crippen LogP contribution in [0.4, 0.5) is 0 Å². The van der Waals surface area contributed by atoms with E-state index in [1.165, 1.54) is 0 Å². The number of thioether (sulfide) groups is 1. The molecule has 0 saturated heterocycles. The molecular formula is C9H14N2OS. The third-order valence-electron chi connectivity index (χ3n) is 1.61. The fourth-order valence-corrected chi connectivity index (χ4v) is 1.59. The number of nitrogens with zero attached hydrogens (tertiary/aromatic N) is 1. The van der Waals surface area contributed by atoms with Crippen molar-refractivity contribution in [3.05, 3.63) is 23.9 Å². The molecule has 3 N–H and O–H groups in total. The smallest absolute Gasteiger partial charge is 0.0963 e. The number of aromatic nitrogens is 1. The zero-order valence-electron chi connectivity index (χ0n) is 7.60. The summed E-state index contributed by atoms with van der Waals surface area (Å²) >= 11 is 1.56. The first-order chi connectivity index (χ1) is 6.26. The standard InChI is InChI=1S/C9H14N2OS/c1-7(6-12)13-9-3-2-8(4-10)5-11-9/h2-3,5,7,12H,4,6,10H2,1H3. The molecule has 72 valence electrons. The summed E-state index contributed by atoms with van der Waals surface area (Å²) in [6.45, 7) is 2.65. The first kappa shape index (κ1) is 10.5. The first-order valence-corrected chi connectivity index (χ1v) is 5.06. The zero-order chi connectivity index (χ0) is 9.68. The van der Waals surface area contributed by atoms with E-state index in [0.717, 1.165) is 10.6 Å². The molecule has 0 fully saturated rings. The Morgan fingerprint density at radius 1 is 1.62 bits per heavy atom. The molecule has 4 heteroatoms. The van der Waals surface area contributed by atoms with Crippen LogP contribution in [-0.4, -0.2) is 21.9 Å². The summed E-state index contributed by atoms with van der Waals surface area (Å²) in [4.78, 5) is 4.21. The molecule has 0 aliphatic heterocycles. The van der Waals surface area contributed by atoms with E-state index in [9.17, 15) is 0 Å². The number of hydrogen-bond acceptors (Lipinski definition) is 4. The molecule has 0 bridgehead atoms. The van der Waals surface area contributed by atoms with Crippen molar-refractivity contribution in [1.29, 1.82) is 0 Å². The van der Waals surface area contributed by atoms with E-state index in [0.29, 0.717) is 6.54 Å². The van der Waals surface area contributed by atoms with E-state index in [4.69, 9.17) is 10.8 Å². The molecule has 0 spiro atoms. The van der Waals surface area contributed by atoms with Gasteiger partial charge >= 0.3 is 0 Å². The lowest BCUT2D eigenvalue weighted by molar-refractivity contribution is 0.300. The lowest BCUT2D eigenvalue weighted by Crippen LogP contribution is -2.02. The Bertz CT molecular complexity index is 250. The highest BCUT2D eigenvalue weighted by atomic mass is 32.2. The predicted octanol–water partition coefficient (Wildman–Crippen LogP) is 1.01. The van der Waals surface area contributed by atoms with Gasteiger partial charge in [0.15, 0.2) is 0 Å². The van der Waals surface area contributed by atoms with Crippen molar-refractivity contribution in [2.75, 3.05) is 6.61 Å². The molecule has 0 aliphatic carbocycles. The zero-order valence-corrected chi connectivity index (χ0v) is 8.42. The van der Waals surface area contributed by atoms with Gasteiger partial charge in [-0.3, -0.25) is 0 Å². The number of aliphatic hydroxyl groups is 1. The minimum Gasteiger partial charge on any atom is -0.395 e. The quantitative estimate of drug-likeness (QED) is 0.709. The van der Waals surface area contributed by atoms with Gasteiger partial charge in [-0.2, -0.15) is 0 Å². The lowest BCUT2D eigenvalue weighted by Gasteiger charge is -2.06. The largest absolute Gasteiger partial charge is 0.395 e. The van der Waals surface area contributed by atoms with E-state index < -0.39 is 0 Å². The van der Waals surface area contributed by atoms with Crippen molar-refractivity contribution in [2.24, 2.45) is 5.73 Å². The molecule has 0 amide bonds. The predicted molar refractivity (Wildman–Crippen MR) is 54.5 cm³/mol. The molecule has 13 heavy (non-hydrogen) atoms. The minimum atomic E-state index is 0.172. The van der Waals surface area contributed by atoms with Gasteiger partial charge in [-0.25, -0.2) is 4.98 Å². The second-order valence-electron chi connectivity index (χ2n) is 2.82. The molecule has 0 aliphatic rings. The van der Waals surface area contributed by atoms with Crippen molar-refractivity contribution >= 4 is 11.8 Å². The molecule has 1 heterocycles. The van der Waals surface area contributed by atoms with Crippen LogP contribution in [0.5, 0.6) is 0 Å². The Labute approximate surface area is 82.4 Å². The fourth-order valence-electron chi connectivity index (χ4n) is 0.845. The highest BCUT2D eigenvalue weighted by Gasteiger charge is 2.02. The van der Waals surface area contributed by atoms with Crippen LogP contribution >= 0.6 is 11.8 Å². The van der Waals surface area contributed by atoms with E-state index in [-0.39, 0.29) is 11.9 Å². The van der Waals surface area contributed by atoms with Crippen LogP contribution in [-0.2, 0) is 6.54 Å². The van der Waals surface area contributed by atoms with Crippen molar-refractivity contribution in [3.8, 4) is 0 Å². The van der Waals surface area contributed by atoms with Crippen LogP contribution in [0.25, 0.3) is 0 Å². The summed E-state index contributed by atoms with van der Waals surface area (Å²) in [5, 5.41) is 9.95. The number of nitrogens with two attached hydrogens (primary N) is 1. The van der Waals surface area contributed by atoms with Gasteiger partial charge in [0.25, 0.3) is 0 Å². The molecule has 1 rings (SSSR count). The van der Waals surface area contributed by atoms with Crippen molar-refractivity contribution in [1.82, 2.24) is 4.98 Å². The normalized spacial score (nSPS) is 12.8. The molecule has 0 aromatic carbocycles. The highest BCUT2D eigenvalue weighted by Crippen LogP contribution is 2.20. The van der Waals surface area contributed by atoms with Crippen LogP contribution in [0.2, 0.25) is 0 Å². The first-order valence-electron chi connectivity index (χ1n) is 4.18. The van der Waals surface area contributed by atoms with Gasteiger partial charge in [-0.15, -0.1) is 11.8 Å². The van der Waals surface area contributed by atoms with Crippen LogP contribution in [0.15, 0.2) is 23.4 Å². The monoisotopic (exact) mass is 198 g/mol. The Morgan fingerprint density at radius 3 is 2.85 bits per heavy atom. The molecule has 1 atom stereocenters. The number of rotatable bonds is 4. The van der Waals surface area contributed by atoms with E-state index >= 15 is 0 Å². The van der Waals surface area contributed by atoms with Crippen LogP contribution in [0, 0.1) is 0 Å². The molecular weight excluding hydrogens is 184 g/mol. The lowest BCUT2D eigenvalue weighted by atomic mass is 10.3. The molecule has 3 nitrogen and oxygen atoms in total. The second kappa shape index (κ2) is 5.21. The summed E-state index contributed by atoms with van der Waals surface area (Å²) in [5.74, 6) is 0. The summed E-state index contributed by atoms with van der Waals surface area (Å²) < 4.78 is 0. The summed E-state index contributed by atoms with van der Waals surface area (Å²) in [5.41, 5.74) is 6.47. The van der Waals surface area contributed by atoms with Crippen molar-refractivity contribution in [2.45, 2.75) is 23.7 Å². The summed E-state index contributed by atoms with van der Waals surface area (Å²) in [6.07, 6.45) is 1.77. The topological polar surface area (TPSA) is 59.1 Å². The van der Waals surface area contributed by atoms with Crippen molar-refractivity contribution in [3.63, 3.8) is 0 Å². The van der Waals surface area contributed by atoms with Crippen molar-refractivity contribution < 1.29 is 5.11 Å². The third kappa shape index (κ3) is 3.34. The van der Waals surface area contributed by atoms with E-state index in [1.54, 1.807) is 18.0 Å². The number of pyridine rings is 1. The van der Waals surface area contributed by atoms with Gasteiger partial charge in [0, 0.05) is 18.0 Å².